The summed E-state index contributed by atoms with van der Waals surface area (Å²) in [4.78, 5) is 39.1. The Morgan fingerprint density at radius 3 is 2.39 bits per heavy atom. The van der Waals surface area contributed by atoms with Gasteiger partial charge in [0.15, 0.2) is 12.1 Å². The molecule has 0 bridgehead atoms. The van der Waals surface area contributed by atoms with Crippen molar-refractivity contribution in [1.29, 1.82) is 0 Å². The van der Waals surface area contributed by atoms with Gasteiger partial charge in [-0.25, -0.2) is 4.79 Å². The number of carbonyl (C=O) groups excluding carboxylic acids is 3. The number of amides is 3. The summed E-state index contributed by atoms with van der Waals surface area (Å²) in [6, 6.07) is 9.42. The summed E-state index contributed by atoms with van der Waals surface area (Å²) < 4.78 is 28.2. The number of hydrogen-bond donors (Lipinski definition) is 2. The molecule has 3 aliphatic rings. The Labute approximate surface area is 210 Å². The van der Waals surface area contributed by atoms with Crippen LogP contribution in [0, 0.1) is 0 Å². The van der Waals surface area contributed by atoms with Gasteiger partial charge >= 0.3 is 17.9 Å². The second-order valence-electron chi connectivity index (χ2n) is 10.1. The topological polar surface area (TPSA) is 125 Å². The number of methoxy groups -OCH3 is 1. The average molecular weight is 506 g/mol. The third-order valence-corrected chi connectivity index (χ3v) is 6.77. The van der Waals surface area contributed by atoms with Crippen LogP contribution >= 0.6 is 0 Å². The zero-order valence-electron chi connectivity index (χ0n) is 21.2. The first-order valence-electron chi connectivity index (χ1n) is 12.2. The molecule has 0 aliphatic carbocycles. The third kappa shape index (κ3) is 6.15. The smallest absolute Gasteiger partial charge is 0.407 e. The molecule has 198 valence electrons. The molecular weight excluding hydrogens is 470 g/mol. The molecule has 4 rings (SSSR count). The fourth-order valence-corrected chi connectivity index (χ4v) is 4.74. The van der Waals surface area contributed by atoms with E-state index in [0.29, 0.717) is 25.9 Å². The molecule has 0 spiro atoms. The van der Waals surface area contributed by atoms with Crippen LogP contribution in [0.5, 0.6) is 0 Å². The summed E-state index contributed by atoms with van der Waals surface area (Å²) in [5, 5.41) is 5.56. The minimum atomic E-state index is -0.781. The summed E-state index contributed by atoms with van der Waals surface area (Å²) in [5.41, 5.74) is 0.367. The highest BCUT2D eigenvalue weighted by molar-refractivity contribution is 6.35. The quantitative estimate of drug-likeness (QED) is 0.555. The molecule has 36 heavy (non-hydrogen) atoms. The van der Waals surface area contributed by atoms with Gasteiger partial charge < -0.3 is 39.2 Å². The lowest BCUT2D eigenvalue weighted by Crippen LogP contribution is -2.56. The maximum absolute atomic E-state index is 12.7. The van der Waals surface area contributed by atoms with Crippen LogP contribution in [0.25, 0.3) is 0 Å². The highest BCUT2D eigenvalue weighted by Gasteiger charge is 2.55. The van der Waals surface area contributed by atoms with Crippen molar-refractivity contribution in [2.75, 3.05) is 26.7 Å². The molecule has 3 amide bonds. The number of nitrogens with zero attached hydrogens (tertiary/aromatic N) is 1. The Kier molecular flexibility index (Phi) is 7.84. The summed E-state index contributed by atoms with van der Waals surface area (Å²) in [7, 11) is 1.52. The molecule has 3 fully saturated rings. The highest BCUT2D eigenvalue weighted by atomic mass is 16.8. The second kappa shape index (κ2) is 10.7. The van der Waals surface area contributed by atoms with E-state index in [1.54, 1.807) is 13.8 Å². The molecule has 3 heterocycles. The maximum Gasteiger partial charge on any atom is 0.407 e. The number of alkyl carbamates (subject to hydrolysis) is 1. The van der Waals surface area contributed by atoms with Gasteiger partial charge in [0.1, 0.15) is 24.9 Å². The van der Waals surface area contributed by atoms with E-state index in [1.165, 1.54) is 12.0 Å². The molecule has 1 aromatic carbocycles. The number of fused-ring (bicyclic) bond motifs is 1. The fourth-order valence-electron chi connectivity index (χ4n) is 4.74. The minimum Gasteiger partial charge on any atom is -0.445 e. The van der Waals surface area contributed by atoms with Crippen molar-refractivity contribution in [3.05, 3.63) is 35.9 Å². The Morgan fingerprint density at radius 2 is 1.72 bits per heavy atom. The molecule has 11 nitrogen and oxygen atoms in total. The predicted octanol–water partition coefficient (Wildman–Crippen LogP) is 1.30. The van der Waals surface area contributed by atoms with Crippen LogP contribution in [0.15, 0.2) is 30.3 Å². The summed E-state index contributed by atoms with van der Waals surface area (Å²) in [6.45, 7) is 6.46. The van der Waals surface area contributed by atoms with Crippen molar-refractivity contribution in [3.8, 4) is 0 Å². The SMILES string of the molecule is CO[C@@H]1O[C@H](CNC(=O)C(=O)N2CCC(C)(NC(=O)OCc3ccccc3)CC2)[C@H]2OC(C)(C)O[C@@H]12. The summed E-state index contributed by atoms with van der Waals surface area (Å²) in [6.07, 6.45) is -1.45. The van der Waals surface area contributed by atoms with Gasteiger partial charge in [0, 0.05) is 32.3 Å². The van der Waals surface area contributed by atoms with Gasteiger partial charge in [0.25, 0.3) is 0 Å². The van der Waals surface area contributed by atoms with Crippen LogP contribution < -0.4 is 10.6 Å². The van der Waals surface area contributed by atoms with E-state index < -0.39 is 53.8 Å². The zero-order valence-corrected chi connectivity index (χ0v) is 21.2. The number of benzene rings is 1. The Hall–Kier alpha value is -2.73. The largest absolute Gasteiger partial charge is 0.445 e. The Morgan fingerprint density at radius 1 is 1.06 bits per heavy atom. The number of rotatable bonds is 6. The maximum atomic E-state index is 12.7. The summed E-state index contributed by atoms with van der Waals surface area (Å²) >= 11 is 0. The molecule has 0 radical (unpaired) electrons. The number of carbonyl (C=O) groups is 3. The van der Waals surface area contributed by atoms with E-state index in [-0.39, 0.29) is 13.2 Å². The van der Waals surface area contributed by atoms with Crippen LogP contribution in [-0.4, -0.2) is 85.5 Å². The molecule has 2 N–H and O–H groups in total. The van der Waals surface area contributed by atoms with Gasteiger partial charge in [0.05, 0.1) is 0 Å². The number of ether oxygens (including phenoxy) is 5. The van der Waals surface area contributed by atoms with Gasteiger partial charge in [-0.05, 0) is 39.2 Å². The first-order valence-corrected chi connectivity index (χ1v) is 12.2. The molecular formula is C25H35N3O8. The molecule has 3 aliphatic heterocycles. The Bertz CT molecular complexity index is 948. The lowest BCUT2D eigenvalue weighted by atomic mass is 9.90. The second-order valence-corrected chi connectivity index (χ2v) is 10.1. The fraction of sp³-hybridized carbons (Fsp3) is 0.640. The van der Waals surface area contributed by atoms with Gasteiger partial charge in [-0.15, -0.1) is 0 Å². The lowest BCUT2D eigenvalue weighted by molar-refractivity contribution is -0.226. The Balaban J connectivity index is 1.21. The molecule has 0 unspecified atom stereocenters. The molecule has 1 aromatic rings. The lowest BCUT2D eigenvalue weighted by Gasteiger charge is -2.39. The van der Waals surface area contributed by atoms with E-state index in [2.05, 4.69) is 10.6 Å². The molecule has 0 saturated carbocycles. The number of hydrogen-bond acceptors (Lipinski definition) is 8. The van der Waals surface area contributed by atoms with Gasteiger partial charge in [-0.1, -0.05) is 30.3 Å². The van der Waals surface area contributed by atoms with E-state index in [9.17, 15) is 14.4 Å². The zero-order chi connectivity index (χ0) is 25.9. The van der Waals surface area contributed by atoms with E-state index in [0.717, 1.165) is 5.56 Å². The first kappa shape index (κ1) is 26.3. The first-order chi connectivity index (χ1) is 17.1. The van der Waals surface area contributed by atoms with E-state index in [1.807, 2.05) is 37.3 Å². The van der Waals surface area contributed by atoms with Gasteiger partial charge in [-0.3, -0.25) is 9.59 Å². The van der Waals surface area contributed by atoms with Crippen molar-refractivity contribution < 1.29 is 38.1 Å². The highest BCUT2D eigenvalue weighted by Crippen LogP contribution is 2.38. The van der Waals surface area contributed by atoms with Gasteiger partial charge in [0.2, 0.25) is 0 Å². The molecule has 11 heteroatoms. The molecule has 3 saturated heterocycles. The van der Waals surface area contributed by atoms with Crippen LogP contribution in [0.2, 0.25) is 0 Å². The van der Waals surface area contributed by atoms with Crippen molar-refractivity contribution in [3.63, 3.8) is 0 Å². The number of likely N-dealkylation sites (tertiary alicyclic amines) is 1. The van der Waals surface area contributed by atoms with Crippen molar-refractivity contribution in [1.82, 2.24) is 15.5 Å². The van der Waals surface area contributed by atoms with E-state index >= 15 is 0 Å². The van der Waals surface area contributed by atoms with Crippen LogP contribution in [0.3, 0.4) is 0 Å². The average Bonchev–Trinajstić information content (AvgIpc) is 3.34. The molecule has 4 atom stereocenters. The monoisotopic (exact) mass is 505 g/mol. The third-order valence-electron chi connectivity index (χ3n) is 6.77. The number of nitrogens with one attached hydrogen (secondary N) is 2. The van der Waals surface area contributed by atoms with Crippen LogP contribution in [0.4, 0.5) is 4.79 Å². The predicted molar refractivity (Wildman–Crippen MR) is 126 cm³/mol. The van der Waals surface area contributed by atoms with Crippen molar-refractivity contribution in [2.24, 2.45) is 0 Å². The number of piperidine rings is 1. The normalized spacial score (nSPS) is 28.3. The van der Waals surface area contributed by atoms with E-state index in [4.69, 9.17) is 23.7 Å². The van der Waals surface area contributed by atoms with Gasteiger partial charge in [-0.2, -0.15) is 0 Å². The minimum absolute atomic E-state index is 0.0887. The van der Waals surface area contributed by atoms with Crippen LogP contribution in [0.1, 0.15) is 39.2 Å². The standard InChI is InChI=1S/C25H35N3O8/c1-24(2)35-18-17(34-22(32-4)19(18)36-24)14-26-20(29)21(30)28-12-10-25(3,11-13-28)27-23(31)33-15-16-8-6-5-7-9-16/h5-9,17-19,22H,10-15H2,1-4H3,(H,26,29)(H,27,31)/t17-,18-,19-,22-/m1/s1. The molecule has 0 aromatic heterocycles. The van der Waals surface area contributed by atoms with Crippen LogP contribution in [-0.2, 0) is 39.9 Å². The van der Waals surface area contributed by atoms with Crippen molar-refractivity contribution >= 4 is 17.9 Å². The van der Waals surface area contributed by atoms with Crippen molar-refractivity contribution in [2.45, 2.75) is 76.1 Å². The summed E-state index contributed by atoms with van der Waals surface area (Å²) in [5.74, 6) is -2.12.